The molecule has 1 fully saturated rings. The van der Waals surface area contributed by atoms with E-state index >= 15 is 0 Å². The third-order valence-electron chi connectivity index (χ3n) is 4.30. The number of ether oxygens (including phenoxy) is 1. The Balaban J connectivity index is 1.60. The predicted octanol–water partition coefficient (Wildman–Crippen LogP) is 0.399. The number of methoxy groups -OCH3 is 1. The molecule has 0 saturated carbocycles. The lowest BCUT2D eigenvalue weighted by Gasteiger charge is -2.32. The number of hydrazine groups is 2. The Morgan fingerprint density at radius 1 is 1.11 bits per heavy atom. The second-order valence-electron chi connectivity index (χ2n) is 6.19. The molecule has 0 radical (unpaired) electrons. The highest BCUT2D eigenvalue weighted by molar-refractivity contribution is 5.95. The number of nitrogen functional groups attached to an aromatic ring is 1. The highest BCUT2D eigenvalue weighted by Crippen LogP contribution is 2.22. The molecule has 10 heteroatoms. The maximum absolute atomic E-state index is 12.2. The standard InChI is InChI=1S/C17H24N8O2/c1-24-7-9-25(10-8-24)23-16-14(18)15(19-11-20-16)21-22-17(26)12-3-5-13(27-2)6-4-12/h3-6,11H,7-10,18H2,1-2H3,(H,22,26)(H2,19,20,21,23). The van der Waals surface area contributed by atoms with E-state index in [1.54, 1.807) is 31.4 Å². The lowest BCUT2D eigenvalue weighted by Crippen LogP contribution is -2.47. The van der Waals surface area contributed by atoms with Gasteiger partial charge in [-0.2, -0.15) is 0 Å². The lowest BCUT2D eigenvalue weighted by molar-refractivity contribution is 0.0962. The first-order chi connectivity index (χ1) is 13.1. The fourth-order valence-electron chi connectivity index (χ4n) is 2.58. The number of nitrogens with one attached hydrogen (secondary N) is 3. The summed E-state index contributed by atoms with van der Waals surface area (Å²) in [5, 5.41) is 2.05. The van der Waals surface area contributed by atoms with Crippen LogP contribution in [0.15, 0.2) is 30.6 Å². The van der Waals surface area contributed by atoms with Crippen LogP contribution in [0.1, 0.15) is 10.4 Å². The number of rotatable bonds is 6. The molecular formula is C17H24N8O2. The zero-order chi connectivity index (χ0) is 19.2. The van der Waals surface area contributed by atoms with Crippen molar-refractivity contribution in [2.75, 3.05) is 56.9 Å². The second-order valence-corrected chi connectivity index (χ2v) is 6.19. The number of piperazine rings is 1. The quantitative estimate of drug-likeness (QED) is 0.534. The average Bonchev–Trinajstić information content (AvgIpc) is 2.70. The summed E-state index contributed by atoms with van der Waals surface area (Å²) in [6.45, 7) is 3.63. The molecule has 2 heterocycles. The first-order valence-corrected chi connectivity index (χ1v) is 8.58. The van der Waals surface area contributed by atoms with Crippen LogP contribution in [0.25, 0.3) is 0 Å². The number of carbonyl (C=O) groups is 1. The van der Waals surface area contributed by atoms with E-state index in [1.807, 2.05) is 0 Å². The molecule has 10 nitrogen and oxygen atoms in total. The number of hydrogen-bond acceptors (Lipinski definition) is 9. The summed E-state index contributed by atoms with van der Waals surface area (Å²) in [6.07, 6.45) is 1.39. The van der Waals surface area contributed by atoms with Gasteiger partial charge in [-0.1, -0.05) is 0 Å². The van der Waals surface area contributed by atoms with Crippen molar-refractivity contribution >= 4 is 23.2 Å². The molecular weight excluding hydrogens is 348 g/mol. The lowest BCUT2D eigenvalue weighted by atomic mass is 10.2. The second kappa shape index (κ2) is 8.52. The number of nitrogens with zero attached hydrogens (tertiary/aromatic N) is 4. The Bertz CT molecular complexity index is 775. The largest absolute Gasteiger partial charge is 0.497 e. The van der Waals surface area contributed by atoms with Crippen molar-refractivity contribution in [1.29, 1.82) is 0 Å². The van der Waals surface area contributed by atoms with E-state index in [-0.39, 0.29) is 5.91 Å². The van der Waals surface area contributed by atoms with Crippen LogP contribution in [0.2, 0.25) is 0 Å². The Morgan fingerprint density at radius 2 is 1.78 bits per heavy atom. The Labute approximate surface area is 157 Å². The Hall–Kier alpha value is -3.11. The molecule has 1 saturated heterocycles. The van der Waals surface area contributed by atoms with Gasteiger partial charge in [-0.25, -0.2) is 15.0 Å². The topological polar surface area (TPSA) is 121 Å². The van der Waals surface area contributed by atoms with Gasteiger partial charge in [0.1, 0.15) is 17.8 Å². The van der Waals surface area contributed by atoms with Crippen molar-refractivity contribution in [3.05, 3.63) is 36.2 Å². The number of anilines is 3. The van der Waals surface area contributed by atoms with Crippen molar-refractivity contribution in [3.8, 4) is 5.75 Å². The summed E-state index contributed by atoms with van der Waals surface area (Å²) < 4.78 is 5.08. The number of amides is 1. The summed E-state index contributed by atoms with van der Waals surface area (Å²) in [4.78, 5) is 22.8. The van der Waals surface area contributed by atoms with Crippen LogP contribution in [0.4, 0.5) is 17.3 Å². The zero-order valence-electron chi connectivity index (χ0n) is 15.4. The number of nitrogens with two attached hydrogens (primary N) is 1. The molecule has 2 aromatic rings. The number of benzene rings is 1. The summed E-state index contributed by atoms with van der Waals surface area (Å²) >= 11 is 0. The molecule has 27 heavy (non-hydrogen) atoms. The minimum Gasteiger partial charge on any atom is -0.497 e. The zero-order valence-corrected chi connectivity index (χ0v) is 15.4. The average molecular weight is 372 g/mol. The number of hydrogen-bond donors (Lipinski definition) is 4. The van der Waals surface area contributed by atoms with Gasteiger partial charge in [0.05, 0.1) is 7.11 Å². The van der Waals surface area contributed by atoms with E-state index in [0.29, 0.717) is 28.6 Å². The van der Waals surface area contributed by atoms with Gasteiger partial charge in [0.25, 0.3) is 5.91 Å². The van der Waals surface area contributed by atoms with Crippen molar-refractivity contribution < 1.29 is 9.53 Å². The SMILES string of the molecule is COc1ccc(C(=O)NNc2ncnc(NN3CCN(C)CC3)c2N)cc1. The van der Waals surface area contributed by atoms with E-state index in [2.05, 4.69) is 43.2 Å². The van der Waals surface area contributed by atoms with Crippen LogP contribution in [0.3, 0.4) is 0 Å². The van der Waals surface area contributed by atoms with E-state index in [9.17, 15) is 4.79 Å². The van der Waals surface area contributed by atoms with Crippen LogP contribution in [-0.4, -0.2) is 66.1 Å². The van der Waals surface area contributed by atoms with Gasteiger partial charge >= 0.3 is 0 Å². The molecule has 0 aliphatic carbocycles. The molecule has 1 amide bonds. The Morgan fingerprint density at radius 3 is 2.44 bits per heavy atom. The molecule has 0 unspecified atom stereocenters. The molecule has 144 valence electrons. The van der Waals surface area contributed by atoms with Gasteiger partial charge in [-0.3, -0.25) is 15.6 Å². The fourth-order valence-corrected chi connectivity index (χ4v) is 2.58. The summed E-state index contributed by atoms with van der Waals surface area (Å²) in [5.74, 6) is 1.18. The van der Waals surface area contributed by atoms with Gasteiger partial charge in [-0.15, -0.1) is 0 Å². The minimum atomic E-state index is -0.316. The molecule has 5 N–H and O–H groups in total. The third kappa shape index (κ3) is 4.74. The van der Waals surface area contributed by atoms with Crippen LogP contribution in [0, 0.1) is 0 Å². The van der Waals surface area contributed by atoms with Gasteiger partial charge in [0, 0.05) is 31.7 Å². The van der Waals surface area contributed by atoms with Crippen LogP contribution < -0.4 is 26.7 Å². The van der Waals surface area contributed by atoms with E-state index < -0.39 is 0 Å². The molecule has 0 spiro atoms. The van der Waals surface area contributed by atoms with Crippen molar-refractivity contribution in [1.82, 2.24) is 25.3 Å². The van der Waals surface area contributed by atoms with Crippen LogP contribution in [-0.2, 0) is 0 Å². The molecule has 1 aromatic heterocycles. The summed E-state index contributed by atoms with van der Waals surface area (Å²) in [5.41, 5.74) is 15.5. The van der Waals surface area contributed by atoms with Gasteiger partial charge in [0.15, 0.2) is 11.6 Å². The molecule has 0 atom stereocenters. The smallest absolute Gasteiger partial charge is 0.269 e. The molecule has 3 rings (SSSR count). The van der Waals surface area contributed by atoms with Gasteiger partial charge in [-0.05, 0) is 31.3 Å². The third-order valence-corrected chi connectivity index (χ3v) is 4.30. The molecule has 1 aromatic carbocycles. The number of aromatic nitrogens is 2. The van der Waals surface area contributed by atoms with Crippen molar-refractivity contribution in [2.45, 2.75) is 0 Å². The minimum absolute atomic E-state index is 0.316. The van der Waals surface area contributed by atoms with E-state index in [1.165, 1.54) is 6.33 Å². The maximum atomic E-state index is 12.2. The highest BCUT2D eigenvalue weighted by Gasteiger charge is 2.16. The van der Waals surface area contributed by atoms with Crippen LogP contribution >= 0.6 is 0 Å². The maximum Gasteiger partial charge on any atom is 0.269 e. The molecule has 0 bridgehead atoms. The van der Waals surface area contributed by atoms with E-state index in [4.69, 9.17) is 10.5 Å². The highest BCUT2D eigenvalue weighted by atomic mass is 16.5. The Kier molecular flexibility index (Phi) is 5.89. The first kappa shape index (κ1) is 18.7. The normalized spacial score (nSPS) is 15.2. The number of likely N-dealkylation sites (N-methyl/N-ethyl adjacent to an activating group) is 1. The predicted molar refractivity (Wildman–Crippen MR) is 103 cm³/mol. The van der Waals surface area contributed by atoms with Crippen LogP contribution in [0.5, 0.6) is 5.75 Å². The fraction of sp³-hybridized carbons (Fsp3) is 0.353. The van der Waals surface area contributed by atoms with Crippen molar-refractivity contribution in [2.24, 2.45) is 0 Å². The monoisotopic (exact) mass is 372 g/mol. The molecule has 1 aliphatic heterocycles. The van der Waals surface area contributed by atoms with E-state index in [0.717, 1.165) is 26.2 Å². The van der Waals surface area contributed by atoms with Crippen molar-refractivity contribution in [3.63, 3.8) is 0 Å². The van der Waals surface area contributed by atoms with Gasteiger partial charge in [0.2, 0.25) is 0 Å². The first-order valence-electron chi connectivity index (χ1n) is 8.58. The number of carbonyl (C=O) groups excluding carboxylic acids is 1. The van der Waals surface area contributed by atoms with Gasteiger partial charge < -0.3 is 20.8 Å². The summed E-state index contributed by atoms with van der Waals surface area (Å²) in [6, 6.07) is 6.76. The molecule has 1 aliphatic rings. The summed E-state index contributed by atoms with van der Waals surface area (Å²) in [7, 11) is 3.66.